The van der Waals surface area contributed by atoms with Crippen molar-refractivity contribution in [2.75, 3.05) is 26.2 Å². The second-order valence-corrected chi connectivity index (χ2v) is 6.58. The highest BCUT2D eigenvalue weighted by Crippen LogP contribution is 2.13. The number of ether oxygens (including phenoxy) is 1. The van der Waals surface area contributed by atoms with Gasteiger partial charge in [0.2, 0.25) is 0 Å². The predicted octanol–water partition coefficient (Wildman–Crippen LogP) is 1.14. The fourth-order valence-electron chi connectivity index (χ4n) is 3.36. The lowest BCUT2D eigenvalue weighted by atomic mass is 9.99. The molecule has 1 aromatic rings. The van der Waals surface area contributed by atoms with Gasteiger partial charge in [0.25, 0.3) is 5.91 Å². The third-order valence-electron chi connectivity index (χ3n) is 4.78. The van der Waals surface area contributed by atoms with Gasteiger partial charge in [0, 0.05) is 31.7 Å². The molecular formula is C18H27N3O2. The summed E-state index contributed by atoms with van der Waals surface area (Å²) in [4.78, 5) is 14.8. The highest BCUT2D eigenvalue weighted by atomic mass is 16.5. The topological polar surface area (TPSA) is 53.6 Å². The highest BCUT2D eigenvalue weighted by Gasteiger charge is 2.30. The summed E-state index contributed by atoms with van der Waals surface area (Å²) in [6.07, 6.45) is 1.79. The molecule has 1 aromatic carbocycles. The average molecular weight is 317 g/mol. The molecule has 2 saturated heterocycles. The molecule has 2 aliphatic rings. The molecule has 0 aromatic heterocycles. The van der Waals surface area contributed by atoms with Crippen molar-refractivity contribution in [3.63, 3.8) is 0 Å². The molecule has 2 fully saturated rings. The quantitative estimate of drug-likeness (QED) is 0.874. The average Bonchev–Trinajstić information content (AvgIpc) is 2.58. The molecule has 3 atom stereocenters. The molecule has 0 aliphatic carbocycles. The SMILES string of the molecule is CC1NCCCC1NC(=O)C1CN(Cc2ccccc2)CCO1. The van der Waals surface area contributed by atoms with Gasteiger partial charge >= 0.3 is 0 Å². The summed E-state index contributed by atoms with van der Waals surface area (Å²) >= 11 is 0. The Morgan fingerprint density at radius 2 is 2.22 bits per heavy atom. The maximum Gasteiger partial charge on any atom is 0.250 e. The summed E-state index contributed by atoms with van der Waals surface area (Å²) in [5, 5.41) is 6.59. The van der Waals surface area contributed by atoms with Crippen molar-refractivity contribution >= 4 is 5.91 Å². The van der Waals surface area contributed by atoms with Gasteiger partial charge in [-0.3, -0.25) is 9.69 Å². The number of rotatable bonds is 4. The van der Waals surface area contributed by atoms with Crippen LogP contribution in [0.15, 0.2) is 30.3 Å². The van der Waals surface area contributed by atoms with Crippen LogP contribution in [0.25, 0.3) is 0 Å². The van der Waals surface area contributed by atoms with Gasteiger partial charge in [-0.25, -0.2) is 0 Å². The Morgan fingerprint density at radius 1 is 1.39 bits per heavy atom. The van der Waals surface area contributed by atoms with E-state index in [1.54, 1.807) is 0 Å². The monoisotopic (exact) mass is 317 g/mol. The molecule has 0 spiro atoms. The van der Waals surface area contributed by atoms with E-state index < -0.39 is 0 Å². The Hall–Kier alpha value is -1.43. The number of carbonyl (C=O) groups is 1. The summed E-state index contributed by atoms with van der Waals surface area (Å²) < 4.78 is 5.71. The number of hydrogen-bond acceptors (Lipinski definition) is 4. The van der Waals surface area contributed by atoms with E-state index in [2.05, 4.69) is 46.7 Å². The smallest absolute Gasteiger partial charge is 0.250 e. The summed E-state index contributed by atoms with van der Waals surface area (Å²) in [6.45, 7) is 6.19. The van der Waals surface area contributed by atoms with Gasteiger partial charge in [0.15, 0.2) is 0 Å². The van der Waals surface area contributed by atoms with Crippen LogP contribution in [0.3, 0.4) is 0 Å². The molecule has 0 radical (unpaired) electrons. The number of nitrogens with one attached hydrogen (secondary N) is 2. The van der Waals surface area contributed by atoms with Gasteiger partial charge in [-0.05, 0) is 31.9 Å². The lowest BCUT2D eigenvalue weighted by molar-refractivity contribution is -0.139. The van der Waals surface area contributed by atoms with Crippen LogP contribution in [0.5, 0.6) is 0 Å². The van der Waals surface area contributed by atoms with Gasteiger partial charge in [-0.1, -0.05) is 30.3 Å². The fourth-order valence-corrected chi connectivity index (χ4v) is 3.36. The van der Waals surface area contributed by atoms with Crippen LogP contribution in [-0.2, 0) is 16.1 Å². The maximum absolute atomic E-state index is 12.5. The first-order valence-electron chi connectivity index (χ1n) is 8.64. The van der Waals surface area contributed by atoms with E-state index in [0.29, 0.717) is 19.2 Å². The van der Waals surface area contributed by atoms with Gasteiger partial charge in [-0.2, -0.15) is 0 Å². The summed E-state index contributed by atoms with van der Waals surface area (Å²) in [5.74, 6) is 0.0308. The van der Waals surface area contributed by atoms with E-state index in [4.69, 9.17) is 4.74 Å². The first kappa shape index (κ1) is 16.4. The normalized spacial score (nSPS) is 29.2. The number of piperidine rings is 1. The second kappa shape index (κ2) is 7.90. The molecular weight excluding hydrogens is 290 g/mol. The van der Waals surface area contributed by atoms with Gasteiger partial charge in [0.1, 0.15) is 6.10 Å². The van der Waals surface area contributed by atoms with Gasteiger partial charge < -0.3 is 15.4 Å². The lowest BCUT2D eigenvalue weighted by Crippen LogP contribution is -2.56. The van der Waals surface area contributed by atoms with E-state index in [9.17, 15) is 4.79 Å². The minimum Gasteiger partial charge on any atom is -0.366 e. The van der Waals surface area contributed by atoms with Crippen LogP contribution in [0, 0.1) is 0 Å². The Labute approximate surface area is 138 Å². The number of carbonyl (C=O) groups excluding carboxylic acids is 1. The summed E-state index contributed by atoms with van der Waals surface area (Å²) in [5.41, 5.74) is 1.28. The zero-order valence-electron chi connectivity index (χ0n) is 13.8. The molecule has 126 valence electrons. The third-order valence-corrected chi connectivity index (χ3v) is 4.78. The van der Waals surface area contributed by atoms with Crippen molar-refractivity contribution in [2.24, 2.45) is 0 Å². The minimum atomic E-state index is -0.360. The summed E-state index contributed by atoms with van der Waals surface area (Å²) in [7, 11) is 0. The first-order valence-corrected chi connectivity index (χ1v) is 8.64. The Balaban J connectivity index is 1.52. The van der Waals surface area contributed by atoms with E-state index >= 15 is 0 Å². The van der Waals surface area contributed by atoms with Crippen molar-refractivity contribution in [3.05, 3.63) is 35.9 Å². The molecule has 3 rings (SSSR count). The van der Waals surface area contributed by atoms with Gasteiger partial charge in [0.05, 0.1) is 6.61 Å². The summed E-state index contributed by atoms with van der Waals surface area (Å²) in [6, 6.07) is 10.9. The van der Waals surface area contributed by atoms with Crippen LogP contribution < -0.4 is 10.6 Å². The van der Waals surface area contributed by atoms with Crippen molar-refractivity contribution in [2.45, 2.75) is 44.5 Å². The van der Waals surface area contributed by atoms with Crippen LogP contribution in [0.4, 0.5) is 0 Å². The molecule has 5 nitrogen and oxygen atoms in total. The van der Waals surface area contributed by atoms with Crippen molar-refractivity contribution in [1.82, 2.24) is 15.5 Å². The van der Waals surface area contributed by atoms with Crippen LogP contribution in [0.2, 0.25) is 0 Å². The molecule has 2 aliphatic heterocycles. The Kier molecular flexibility index (Phi) is 5.65. The molecule has 0 saturated carbocycles. The third kappa shape index (κ3) is 4.53. The van der Waals surface area contributed by atoms with Crippen molar-refractivity contribution < 1.29 is 9.53 Å². The van der Waals surface area contributed by atoms with Crippen LogP contribution in [-0.4, -0.2) is 55.2 Å². The Bertz CT molecular complexity index is 508. The molecule has 2 N–H and O–H groups in total. The Morgan fingerprint density at radius 3 is 3.00 bits per heavy atom. The zero-order valence-corrected chi connectivity index (χ0v) is 13.8. The first-order chi connectivity index (χ1) is 11.2. The van der Waals surface area contributed by atoms with E-state index in [-0.39, 0.29) is 18.1 Å². The standard InChI is InChI=1S/C18H27N3O2/c1-14-16(8-5-9-19-14)20-18(22)17-13-21(10-11-23-17)12-15-6-3-2-4-7-15/h2-4,6-7,14,16-17,19H,5,8-13H2,1H3,(H,20,22). The van der Waals surface area contributed by atoms with E-state index in [1.807, 2.05) is 6.07 Å². The van der Waals surface area contributed by atoms with Crippen molar-refractivity contribution in [3.8, 4) is 0 Å². The number of nitrogens with zero attached hydrogens (tertiary/aromatic N) is 1. The number of hydrogen-bond donors (Lipinski definition) is 2. The minimum absolute atomic E-state index is 0.0308. The molecule has 2 heterocycles. The number of benzene rings is 1. The molecule has 1 amide bonds. The molecule has 3 unspecified atom stereocenters. The van der Waals surface area contributed by atoms with Crippen LogP contribution >= 0.6 is 0 Å². The zero-order chi connectivity index (χ0) is 16.1. The molecule has 23 heavy (non-hydrogen) atoms. The van der Waals surface area contributed by atoms with E-state index in [1.165, 1.54) is 5.56 Å². The van der Waals surface area contributed by atoms with E-state index in [0.717, 1.165) is 32.5 Å². The fraction of sp³-hybridized carbons (Fsp3) is 0.611. The van der Waals surface area contributed by atoms with Gasteiger partial charge in [-0.15, -0.1) is 0 Å². The lowest BCUT2D eigenvalue weighted by Gasteiger charge is -2.35. The predicted molar refractivity (Wildman–Crippen MR) is 90.1 cm³/mol. The number of amides is 1. The second-order valence-electron chi connectivity index (χ2n) is 6.58. The molecule has 5 heteroatoms. The number of morpholine rings is 1. The highest BCUT2D eigenvalue weighted by molar-refractivity contribution is 5.81. The van der Waals surface area contributed by atoms with Crippen molar-refractivity contribution in [1.29, 1.82) is 0 Å². The molecule has 0 bridgehead atoms. The maximum atomic E-state index is 12.5. The largest absolute Gasteiger partial charge is 0.366 e. The van der Waals surface area contributed by atoms with Crippen LogP contribution in [0.1, 0.15) is 25.3 Å².